The summed E-state index contributed by atoms with van der Waals surface area (Å²) in [6.07, 6.45) is 1.95. The van der Waals surface area contributed by atoms with Gasteiger partial charge < -0.3 is 14.3 Å². The number of nitrogens with zero attached hydrogens (tertiary/aromatic N) is 1. The van der Waals surface area contributed by atoms with Gasteiger partial charge in [-0.25, -0.2) is 0 Å². The first-order valence-corrected chi connectivity index (χ1v) is 22.8. The third-order valence-corrected chi connectivity index (χ3v) is 14.3. The van der Waals surface area contributed by atoms with Crippen molar-refractivity contribution in [3.63, 3.8) is 0 Å². The molecule has 0 saturated carbocycles. The lowest BCUT2D eigenvalue weighted by Gasteiger charge is -2.31. The minimum atomic E-state index is -0.277. The van der Waals surface area contributed by atoms with E-state index in [4.69, 9.17) is 4.42 Å². The van der Waals surface area contributed by atoms with Gasteiger partial charge in [-0.05, 0) is 120 Å². The summed E-state index contributed by atoms with van der Waals surface area (Å²) in [5.74, 6) is 0. The smallest absolute Gasteiger partial charge is 0.198 e. The van der Waals surface area contributed by atoms with Crippen LogP contribution in [-0.2, 0) is 21.7 Å². The molecule has 3 heterocycles. The number of anilines is 2. The molecule has 1 aliphatic carbocycles. The van der Waals surface area contributed by atoms with Crippen LogP contribution in [0.25, 0.3) is 71.8 Å². The van der Waals surface area contributed by atoms with Crippen molar-refractivity contribution in [2.75, 3.05) is 5.32 Å². The zero-order valence-electron chi connectivity index (χ0n) is 38.8. The van der Waals surface area contributed by atoms with E-state index in [9.17, 15) is 0 Å². The number of hydrogen-bond acceptors (Lipinski definition) is 2. The molecule has 3 nitrogen and oxygen atoms in total. The average Bonchev–Trinajstić information content (AvgIpc) is 3.88. The third kappa shape index (κ3) is 6.01. The summed E-state index contributed by atoms with van der Waals surface area (Å²) in [6.45, 7) is 25.8. The lowest BCUT2D eigenvalue weighted by atomic mass is 9.57. The molecule has 2 aromatic heterocycles. The zero-order chi connectivity index (χ0) is 44.0. The number of hydrogen-bond donors (Lipinski definition) is 1. The van der Waals surface area contributed by atoms with Crippen LogP contribution >= 0.6 is 0 Å². The molecule has 0 saturated heterocycles. The van der Waals surface area contributed by atoms with E-state index in [1.165, 1.54) is 88.5 Å². The molecule has 63 heavy (non-hydrogen) atoms. The molecule has 312 valence electrons. The summed E-state index contributed by atoms with van der Waals surface area (Å²) in [7, 11) is 0.778. The molecule has 0 bridgehead atoms. The van der Waals surface area contributed by atoms with Crippen molar-refractivity contribution in [3.05, 3.63) is 161 Å². The number of benzene rings is 7. The fourth-order valence-corrected chi connectivity index (χ4v) is 10.8. The van der Waals surface area contributed by atoms with E-state index in [1.54, 1.807) is 0 Å². The van der Waals surface area contributed by atoms with E-state index < -0.39 is 0 Å². The summed E-state index contributed by atoms with van der Waals surface area (Å²) in [6, 6.07) is 48.1. The molecule has 0 amide bonds. The maximum absolute atomic E-state index is 6.47. The molecule has 11 rings (SSSR count). The Morgan fingerprint density at radius 1 is 0.587 bits per heavy atom. The van der Waals surface area contributed by atoms with Gasteiger partial charge in [0.1, 0.15) is 5.58 Å². The van der Waals surface area contributed by atoms with Crippen LogP contribution in [0.3, 0.4) is 0 Å². The number of nitrogens with one attached hydrogen (secondary N) is 1. The highest BCUT2D eigenvalue weighted by Gasteiger charge is 2.43. The Kier molecular flexibility index (Phi) is 8.41. The van der Waals surface area contributed by atoms with Crippen LogP contribution in [0.1, 0.15) is 104 Å². The van der Waals surface area contributed by atoms with Crippen molar-refractivity contribution in [2.45, 2.75) is 97.8 Å². The molecule has 0 spiro atoms. The molecule has 0 radical (unpaired) electrons. The van der Waals surface area contributed by atoms with Gasteiger partial charge in [0.2, 0.25) is 0 Å². The van der Waals surface area contributed by atoms with E-state index in [0.29, 0.717) is 0 Å². The van der Waals surface area contributed by atoms with Crippen molar-refractivity contribution in [1.82, 2.24) is 4.57 Å². The first kappa shape index (κ1) is 39.6. The Morgan fingerprint density at radius 3 is 1.95 bits per heavy atom. The van der Waals surface area contributed by atoms with Crippen molar-refractivity contribution in [2.24, 2.45) is 0 Å². The van der Waals surface area contributed by atoms with Crippen molar-refractivity contribution < 1.29 is 4.42 Å². The van der Waals surface area contributed by atoms with E-state index >= 15 is 0 Å². The molecule has 2 aliphatic rings. The van der Waals surface area contributed by atoms with E-state index in [0.717, 1.165) is 40.8 Å². The molecule has 7 aromatic carbocycles. The maximum atomic E-state index is 6.47. The van der Waals surface area contributed by atoms with Crippen molar-refractivity contribution >= 4 is 62.4 Å². The predicted octanol–water partition coefficient (Wildman–Crippen LogP) is 14.5. The quantitative estimate of drug-likeness (QED) is 0.179. The summed E-state index contributed by atoms with van der Waals surface area (Å²) in [5.41, 5.74) is 23.7. The molecule has 9 aromatic rings. The van der Waals surface area contributed by atoms with Gasteiger partial charge in [0.15, 0.2) is 7.28 Å². The molecule has 0 fully saturated rings. The first-order chi connectivity index (χ1) is 29.9. The number of rotatable bonds is 4. The van der Waals surface area contributed by atoms with Crippen LogP contribution in [0.2, 0.25) is 0 Å². The monoisotopic (exact) mass is 820 g/mol. The third-order valence-electron chi connectivity index (χ3n) is 14.3. The Bertz CT molecular complexity index is 3340. The maximum Gasteiger partial charge on any atom is 0.198 e. The second kappa shape index (κ2) is 13.4. The molecular weight excluding hydrogens is 763 g/mol. The highest BCUT2D eigenvalue weighted by molar-refractivity contribution is 6.74. The molecule has 1 aliphatic heterocycles. The lowest BCUT2D eigenvalue weighted by Crippen LogP contribution is -2.38. The zero-order valence-corrected chi connectivity index (χ0v) is 38.8. The largest absolute Gasteiger partial charge is 0.464 e. The average molecular weight is 821 g/mol. The minimum Gasteiger partial charge on any atom is -0.464 e. The van der Waals surface area contributed by atoms with Gasteiger partial charge in [-0.1, -0.05) is 160 Å². The van der Waals surface area contributed by atoms with Gasteiger partial charge in [0, 0.05) is 55.3 Å². The normalized spacial score (nSPS) is 14.2. The lowest BCUT2D eigenvalue weighted by molar-refractivity contribution is 0.590. The Hall–Kier alpha value is -6.26. The van der Waals surface area contributed by atoms with Gasteiger partial charge in [-0.15, -0.1) is 0 Å². The van der Waals surface area contributed by atoms with Crippen molar-refractivity contribution in [1.29, 1.82) is 0 Å². The van der Waals surface area contributed by atoms with E-state index in [-0.39, 0.29) is 21.7 Å². The Labute approximate surface area is 373 Å². The van der Waals surface area contributed by atoms with Gasteiger partial charge in [0.05, 0.1) is 11.8 Å². The van der Waals surface area contributed by atoms with E-state index in [2.05, 4.69) is 213 Å². The second-order valence-corrected chi connectivity index (χ2v) is 21.9. The summed E-state index contributed by atoms with van der Waals surface area (Å²) < 4.78 is 9.09. The highest BCUT2D eigenvalue weighted by atomic mass is 16.3. The van der Waals surface area contributed by atoms with Crippen LogP contribution in [0.15, 0.2) is 138 Å². The summed E-state index contributed by atoms with van der Waals surface area (Å²) in [5, 5.41) is 7.81. The standard InChI is InChI=1S/C59H57BN2O/c1-56(2,3)35-21-25-38(26-22-35)61-46-27-23-36(57(4,5)6)29-41(46)52-53-50(39-19-15-16-20-44(39)59(53,10)11)51-42-30-37(58(7,8)9)24-28-47(42)62-48-31-40-43(34-17-13-12-14-18-34)33-63-49(40)32-45(48)60-54(52)55(51)62/h12-33,60-61H,1-11H3. The van der Waals surface area contributed by atoms with Crippen LogP contribution in [-0.4, -0.2) is 11.8 Å². The van der Waals surface area contributed by atoms with Gasteiger partial charge in [-0.3, -0.25) is 0 Å². The topological polar surface area (TPSA) is 30.1 Å². The summed E-state index contributed by atoms with van der Waals surface area (Å²) in [4.78, 5) is 0. The summed E-state index contributed by atoms with van der Waals surface area (Å²) >= 11 is 0. The number of aromatic nitrogens is 1. The van der Waals surface area contributed by atoms with Crippen molar-refractivity contribution in [3.8, 4) is 39.1 Å². The number of furan rings is 1. The molecule has 0 atom stereocenters. The van der Waals surface area contributed by atoms with Gasteiger partial charge in [-0.2, -0.15) is 0 Å². The molecule has 4 heteroatoms. The molecule has 1 N–H and O–H groups in total. The van der Waals surface area contributed by atoms with Crippen LogP contribution in [0, 0.1) is 0 Å². The molecular formula is C59H57BN2O. The van der Waals surface area contributed by atoms with Gasteiger partial charge >= 0.3 is 0 Å². The first-order valence-electron chi connectivity index (χ1n) is 22.8. The minimum absolute atomic E-state index is 0.0174. The highest BCUT2D eigenvalue weighted by Crippen LogP contribution is 2.57. The predicted molar refractivity (Wildman–Crippen MR) is 271 cm³/mol. The van der Waals surface area contributed by atoms with Crippen LogP contribution < -0.4 is 16.2 Å². The Morgan fingerprint density at radius 2 is 1.24 bits per heavy atom. The van der Waals surface area contributed by atoms with Gasteiger partial charge in [0.25, 0.3) is 0 Å². The number of fused-ring (bicyclic) bond motifs is 10. The SMILES string of the molecule is CC(C)(C)c1ccc(Nc2ccc(C(C)(C)C)cc2-c2c3c(c4c5cc(C(C)(C)C)ccc5n5c4c2Bc2cc4occ(-c6ccccc6)c4cc2-5)-c2ccccc2C3(C)C)cc1. The Balaban J connectivity index is 1.30. The van der Waals surface area contributed by atoms with Crippen LogP contribution in [0.5, 0.6) is 0 Å². The fourth-order valence-electron chi connectivity index (χ4n) is 10.8. The van der Waals surface area contributed by atoms with Crippen LogP contribution in [0.4, 0.5) is 11.4 Å². The second-order valence-electron chi connectivity index (χ2n) is 21.9. The fraction of sp³-hybridized carbons (Fsp3) is 0.254. The molecule has 0 unspecified atom stereocenters. The van der Waals surface area contributed by atoms with E-state index in [1.807, 2.05) is 6.26 Å².